The topological polar surface area (TPSA) is 133 Å². The minimum absolute atomic E-state index is 0.0638. The van der Waals surface area contributed by atoms with E-state index in [1.165, 1.54) is 35.7 Å². The molecule has 192 valence electrons. The molecule has 0 spiro atoms. The molecule has 2 aromatic carbocycles. The third kappa shape index (κ3) is 5.19. The van der Waals surface area contributed by atoms with E-state index < -0.39 is 26.9 Å². The number of nitro groups is 1. The Kier molecular flexibility index (Phi) is 7.83. The number of nitrogens with zero attached hydrogens (tertiary/aromatic N) is 4. The zero-order chi connectivity index (χ0) is 25.9. The molecule has 11 nitrogen and oxygen atoms in total. The van der Waals surface area contributed by atoms with Gasteiger partial charge in [0, 0.05) is 31.8 Å². The molecule has 0 radical (unpaired) electrons. The van der Waals surface area contributed by atoms with Crippen LogP contribution < -0.4 is 9.54 Å². The van der Waals surface area contributed by atoms with Crippen molar-refractivity contribution in [1.29, 1.82) is 0 Å². The van der Waals surface area contributed by atoms with Crippen molar-refractivity contribution in [3.05, 3.63) is 57.4 Å². The number of ether oxygens (including phenoxy) is 2. The number of methoxy groups -OCH3 is 1. The fraction of sp³-hybridized carbons (Fsp3) is 0.391. The normalized spacial score (nSPS) is 17.1. The number of rotatable bonds is 9. The third-order valence-electron chi connectivity index (χ3n) is 5.90. The Hall–Kier alpha value is -3.13. The van der Waals surface area contributed by atoms with Gasteiger partial charge in [-0.05, 0) is 50.1 Å². The van der Waals surface area contributed by atoms with E-state index >= 15 is 0 Å². The molecule has 1 unspecified atom stereocenters. The summed E-state index contributed by atoms with van der Waals surface area (Å²) in [7, 11) is -2.43. The summed E-state index contributed by atoms with van der Waals surface area (Å²) in [5.41, 5.74) is 0.622. The molecule has 1 aliphatic heterocycles. The fourth-order valence-corrected chi connectivity index (χ4v) is 6.85. The fourth-order valence-electron chi connectivity index (χ4n) is 4.10. The monoisotopic (exact) mass is 534 g/mol. The van der Waals surface area contributed by atoms with Crippen molar-refractivity contribution in [2.45, 2.75) is 37.2 Å². The zero-order valence-corrected chi connectivity index (χ0v) is 21.5. The number of aromatic nitrogens is 1. The Labute approximate surface area is 211 Å². The molecule has 13 heteroatoms. The number of amides is 1. The van der Waals surface area contributed by atoms with Crippen molar-refractivity contribution < 1.29 is 27.6 Å². The van der Waals surface area contributed by atoms with E-state index in [4.69, 9.17) is 9.47 Å². The van der Waals surface area contributed by atoms with Crippen molar-refractivity contribution >= 4 is 43.2 Å². The average Bonchev–Trinajstić information content (AvgIpc) is 3.49. The predicted molar refractivity (Wildman–Crippen MR) is 133 cm³/mol. The zero-order valence-electron chi connectivity index (χ0n) is 19.8. The molecule has 36 heavy (non-hydrogen) atoms. The number of fused-ring (bicyclic) bond motifs is 1. The lowest BCUT2D eigenvalue weighted by molar-refractivity contribution is -0.384. The van der Waals surface area contributed by atoms with Gasteiger partial charge in [-0.2, -0.15) is 9.30 Å². The first kappa shape index (κ1) is 25.9. The van der Waals surface area contributed by atoms with E-state index in [0.717, 1.165) is 11.3 Å². The molecule has 3 aromatic rings. The molecular formula is C23H26N4O7S2. The largest absolute Gasteiger partial charge is 0.497 e. The van der Waals surface area contributed by atoms with E-state index in [9.17, 15) is 23.3 Å². The maximum absolute atomic E-state index is 13.3. The lowest BCUT2D eigenvalue weighted by atomic mass is 10.2. The van der Waals surface area contributed by atoms with Crippen LogP contribution in [0.5, 0.6) is 5.75 Å². The second kappa shape index (κ2) is 10.9. The summed E-state index contributed by atoms with van der Waals surface area (Å²) in [6, 6.07) is 9.54. The van der Waals surface area contributed by atoms with Crippen LogP contribution >= 0.6 is 11.3 Å². The Balaban J connectivity index is 1.70. The number of hydrogen-bond acceptors (Lipinski definition) is 8. The van der Waals surface area contributed by atoms with Gasteiger partial charge in [0.15, 0.2) is 4.80 Å². The number of benzene rings is 2. The highest BCUT2D eigenvalue weighted by Gasteiger charge is 2.39. The highest BCUT2D eigenvalue weighted by Crippen LogP contribution is 2.28. The van der Waals surface area contributed by atoms with Crippen LogP contribution in [0, 0.1) is 10.1 Å². The first-order chi connectivity index (χ1) is 17.3. The molecule has 0 bridgehead atoms. The number of sulfonamides is 1. The first-order valence-electron chi connectivity index (χ1n) is 11.4. The Morgan fingerprint density at radius 1 is 1.25 bits per heavy atom. The maximum atomic E-state index is 13.3. The van der Waals surface area contributed by atoms with Gasteiger partial charge in [-0.1, -0.05) is 11.3 Å². The second-order valence-electron chi connectivity index (χ2n) is 8.04. The molecule has 1 aromatic heterocycles. The van der Waals surface area contributed by atoms with Gasteiger partial charge in [-0.25, -0.2) is 8.42 Å². The predicted octanol–water partition coefficient (Wildman–Crippen LogP) is 2.94. The summed E-state index contributed by atoms with van der Waals surface area (Å²) in [4.78, 5) is 28.8. The molecule has 0 aliphatic carbocycles. The highest BCUT2D eigenvalue weighted by atomic mass is 32.2. The van der Waals surface area contributed by atoms with Crippen LogP contribution in [0.4, 0.5) is 5.69 Å². The lowest BCUT2D eigenvalue weighted by Gasteiger charge is -2.21. The quantitative estimate of drug-likeness (QED) is 0.234. The SMILES string of the molecule is CCOCCn1c(=NC(=O)C2CCCN2S(=O)(=O)c2ccc(OC)cc2)sc2cc([N+](=O)[O-])ccc21. The van der Waals surface area contributed by atoms with Crippen LogP contribution in [-0.4, -0.2) is 61.0 Å². The summed E-state index contributed by atoms with van der Waals surface area (Å²) in [6.07, 6.45) is 0.886. The molecule has 1 atom stereocenters. The number of carbonyl (C=O) groups excluding carboxylic acids is 1. The molecular weight excluding hydrogens is 508 g/mol. The minimum Gasteiger partial charge on any atom is -0.497 e. The lowest BCUT2D eigenvalue weighted by Crippen LogP contribution is -2.40. The average molecular weight is 535 g/mol. The van der Waals surface area contributed by atoms with E-state index in [1.807, 2.05) is 6.92 Å². The molecule has 1 amide bonds. The summed E-state index contributed by atoms with van der Waals surface area (Å²) in [5.74, 6) is -0.0459. The summed E-state index contributed by atoms with van der Waals surface area (Å²) in [6.45, 7) is 3.34. The van der Waals surface area contributed by atoms with Gasteiger partial charge < -0.3 is 14.0 Å². The molecule has 1 saturated heterocycles. The Morgan fingerprint density at radius 3 is 2.67 bits per heavy atom. The van der Waals surface area contributed by atoms with Crippen LogP contribution in [-0.2, 0) is 26.1 Å². The van der Waals surface area contributed by atoms with Crippen LogP contribution in [0.3, 0.4) is 0 Å². The summed E-state index contributed by atoms with van der Waals surface area (Å²) >= 11 is 1.14. The van der Waals surface area contributed by atoms with Crippen molar-refractivity contribution in [1.82, 2.24) is 8.87 Å². The molecule has 4 rings (SSSR count). The summed E-state index contributed by atoms with van der Waals surface area (Å²) in [5, 5.41) is 11.2. The first-order valence-corrected chi connectivity index (χ1v) is 13.6. The second-order valence-corrected chi connectivity index (χ2v) is 10.9. The maximum Gasteiger partial charge on any atom is 0.270 e. The van der Waals surface area contributed by atoms with E-state index in [1.54, 1.807) is 22.8 Å². The van der Waals surface area contributed by atoms with E-state index in [-0.39, 0.29) is 17.1 Å². The minimum atomic E-state index is -3.92. The molecule has 1 fully saturated rings. The van der Waals surface area contributed by atoms with Gasteiger partial charge in [0.05, 0.1) is 33.8 Å². The number of nitro benzene ring substituents is 1. The van der Waals surface area contributed by atoms with Gasteiger partial charge in [-0.3, -0.25) is 14.9 Å². The molecule has 0 saturated carbocycles. The van der Waals surface area contributed by atoms with Gasteiger partial charge >= 0.3 is 0 Å². The molecule has 1 aliphatic rings. The van der Waals surface area contributed by atoms with Crippen molar-refractivity contribution in [3.8, 4) is 5.75 Å². The highest BCUT2D eigenvalue weighted by molar-refractivity contribution is 7.89. The van der Waals surface area contributed by atoms with Crippen LogP contribution in [0.2, 0.25) is 0 Å². The molecule has 2 heterocycles. The number of non-ortho nitro benzene ring substituents is 1. The number of hydrogen-bond donors (Lipinski definition) is 0. The Morgan fingerprint density at radius 2 is 2.00 bits per heavy atom. The Bertz CT molecular complexity index is 1450. The standard InChI is InChI=1S/C23H26N4O7S2/c1-3-34-14-13-25-19-11-6-16(27(29)30)15-21(19)35-23(25)24-22(28)20-5-4-12-26(20)36(31,32)18-9-7-17(33-2)8-10-18/h6-11,15,20H,3-5,12-14H2,1-2H3. The van der Waals surface area contributed by atoms with Crippen LogP contribution in [0.1, 0.15) is 19.8 Å². The van der Waals surface area contributed by atoms with Crippen molar-refractivity contribution in [2.24, 2.45) is 4.99 Å². The smallest absolute Gasteiger partial charge is 0.270 e. The van der Waals surface area contributed by atoms with Crippen LogP contribution in [0.15, 0.2) is 52.4 Å². The number of thiazole rings is 1. The van der Waals surface area contributed by atoms with Crippen molar-refractivity contribution in [2.75, 3.05) is 26.9 Å². The van der Waals surface area contributed by atoms with Gasteiger partial charge in [-0.15, -0.1) is 0 Å². The van der Waals surface area contributed by atoms with Crippen LogP contribution in [0.25, 0.3) is 10.2 Å². The summed E-state index contributed by atoms with van der Waals surface area (Å²) < 4.78 is 40.7. The third-order valence-corrected chi connectivity index (χ3v) is 8.86. The number of carbonyl (C=O) groups is 1. The molecule has 0 N–H and O–H groups in total. The van der Waals surface area contributed by atoms with Gasteiger partial charge in [0.2, 0.25) is 10.0 Å². The van der Waals surface area contributed by atoms with Gasteiger partial charge in [0.25, 0.3) is 11.6 Å². The van der Waals surface area contributed by atoms with Gasteiger partial charge in [0.1, 0.15) is 11.8 Å². The van der Waals surface area contributed by atoms with E-state index in [2.05, 4.69) is 4.99 Å². The van der Waals surface area contributed by atoms with Crippen molar-refractivity contribution in [3.63, 3.8) is 0 Å². The van der Waals surface area contributed by atoms with E-state index in [0.29, 0.717) is 53.4 Å².